The molecule has 0 radical (unpaired) electrons. The van der Waals surface area contributed by atoms with Gasteiger partial charge in [-0.05, 0) is 18.2 Å². The van der Waals surface area contributed by atoms with E-state index in [4.69, 9.17) is 5.53 Å². The van der Waals surface area contributed by atoms with E-state index in [0.717, 1.165) is 0 Å². The Bertz CT molecular complexity index is 803. The minimum absolute atomic E-state index is 0.0536. The summed E-state index contributed by atoms with van der Waals surface area (Å²) in [4.78, 5) is 0. The molecule has 0 aliphatic carbocycles. The van der Waals surface area contributed by atoms with Crippen LogP contribution in [0.3, 0.4) is 0 Å². The van der Waals surface area contributed by atoms with Crippen molar-refractivity contribution in [3.05, 3.63) is 23.8 Å². The van der Waals surface area contributed by atoms with Crippen LogP contribution in [0.4, 0.5) is 0 Å². The van der Waals surface area contributed by atoms with Crippen LogP contribution >= 0.6 is 0 Å². The van der Waals surface area contributed by atoms with Crippen LogP contribution in [-0.2, 0) is 0 Å². The van der Waals surface area contributed by atoms with Crippen LogP contribution in [0.2, 0.25) is 0 Å². The topological polar surface area (TPSA) is 117 Å². The summed E-state index contributed by atoms with van der Waals surface area (Å²) >= 11 is 0. The Morgan fingerprint density at radius 2 is 1.55 bits per heavy atom. The Morgan fingerprint density at radius 1 is 0.955 bits per heavy atom. The second-order valence-corrected chi connectivity index (χ2v) is 5.16. The van der Waals surface area contributed by atoms with Crippen molar-refractivity contribution in [2.45, 2.75) is 19.9 Å². The van der Waals surface area contributed by atoms with Gasteiger partial charge in [-0.3, -0.25) is 0 Å². The smallest absolute Gasteiger partial charge is 0.159 e. The number of hydrogen-bond acceptors (Lipinski definition) is 6. The molecule has 6 nitrogen and oxygen atoms in total. The normalized spacial score (nSPS) is 12.0. The molecular formula is C16H16N2O4. The van der Waals surface area contributed by atoms with Crippen LogP contribution < -0.4 is 0 Å². The van der Waals surface area contributed by atoms with Crippen LogP contribution in [0.5, 0.6) is 23.0 Å². The molecule has 1 atom stereocenters. The van der Waals surface area contributed by atoms with Gasteiger partial charge in [0.25, 0.3) is 0 Å². The van der Waals surface area contributed by atoms with E-state index in [0.29, 0.717) is 0 Å². The van der Waals surface area contributed by atoms with Crippen molar-refractivity contribution in [2.24, 2.45) is 11.0 Å². The molecule has 0 fully saturated rings. The molecule has 0 heterocycles. The van der Waals surface area contributed by atoms with E-state index in [1.54, 1.807) is 0 Å². The average Bonchev–Trinajstić information content (AvgIpc) is 2.46. The molecule has 0 aliphatic heterocycles. The highest BCUT2D eigenvalue weighted by molar-refractivity contribution is 6.02. The minimum atomic E-state index is -0.973. The van der Waals surface area contributed by atoms with E-state index in [9.17, 15) is 20.4 Å². The van der Waals surface area contributed by atoms with Gasteiger partial charge in [0.1, 0.15) is 23.0 Å². The zero-order valence-electron chi connectivity index (χ0n) is 12.1. The first-order valence-electron chi connectivity index (χ1n) is 6.63. The lowest BCUT2D eigenvalue weighted by atomic mass is 9.98. The third-order valence-electron chi connectivity index (χ3n) is 3.15. The zero-order chi connectivity index (χ0) is 16.4. The SMILES string of the molecule is CC(C)C#CC(N=N)c1cc(O)c2c(O)ccc(O)c2c1O. The summed E-state index contributed by atoms with van der Waals surface area (Å²) < 4.78 is 0. The van der Waals surface area contributed by atoms with E-state index < -0.39 is 6.04 Å². The molecule has 0 aromatic heterocycles. The molecule has 1 unspecified atom stereocenters. The molecule has 6 heteroatoms. The lowest BCUT2D eigenvalue weighted by Gasteiger charge is -2.13. The number of hydrogen-bond donors (Lipinski definition) is 5. The molecule has 22 heavy (non-hydrogen) atoms. The Kier molecular flexibility index (Phi) is 4.08. The molecular weight excluding hydrogens is 284 g/mol. The molecule has 0 aliphatic rings. The van der Waals surface area contributed by atoms with Crippen molar-refractivity contribution in [2.75, 3.05) is 0 Å². The monoisotopic (exact) mass is 300 g/mol. The summed E-state index contributed by atoms with van der Waals surface area (Å²) in [7, 11) is 0. The number of aromatic hydroxyl groups is 4. The van der Waals surface area contributed by atoms with Gasteiger partial charge in [0.15, 0.2) is 6.04 Å². The molecule has 0 saturated carbocycles. The second kappa shape index (κ2) is 5.82. The fraction of sp³-hybridized carbons (Fsp3) is 0.250. The molecule has 0 saturated heterocycles. The molecule has 0 spiro atoms. The third kappa shape index (κ3) is 2.61. The van der Waals surface area contributed by atoms with Gasteiger partial charge in [0.05, 0.1) is 10.8 Å². The molecule has 5 N–H and O–H groups in total. The minimum Gasteiger partial charge on any atom is -0.507 e. The maximum absolute atomic E-state index is 10.4. The largest absolute Gasteiger partial charge is 0.507 e. The van der Waals surface area contributed by atoms with Gasteiger partial charge < -0.3 is 20.4 Å². The van der Waals surface area contributed by atoms with Gasteiger partial charge in [-0.15, -0.1) is 0 Å². The van der Waals surface area contributed by atoms with Gasteiger partial charge in [-0.25, -0.2) is 5.53 Å². The van der Waals surface area contributed by atoms with Crippen molar-refractivity contribution < 1.29 is 20.4 Å². The summed E-state index contributed by atoms with van der Waals surface area (Å²) in [6.45, 7) is 3.74. The highest BCUT2D eigenvalue weighted by Gasteiger charge is 2.21. The van der Waals surface area contributed by atoms with E-state index in [-0.39, 0.29) is 45.3 Å². The first-order chi connectivity index (χ1) is 10.4. The van der Waals surface area contributed by atoms with Crippen molar-refractivity contribution in [1.82, 2.24) is 0 Å². The molecule has 0 bridgehead atoms. The fourth-order valence-electron chi connectivity index (χ4n) is 2.15. The van der Waals surface area contributed by atoms with Crippen molar-refractivity contribution in [3.63, 3.8) is 0 Å². The summed E-state index contributed by atoms with van der Waals surface area (Å²) in [5, 5.41) is 43.3. The van der Waals surface area contributed by atoms with Crippen molar-refractivity contribution in [1.29, 1.82) is 5.53 Å². The van der Waals surface area contributed by atoms with E-state index in [1.807, 2.05) is 13.8 Å². The van der Waals surface area contributed by atoms with Gasteiger partial charge in [-0.1, -0.05) is 25.7 Å². The maximum atomic E-state index is 10.4. The molecule has 0 amide bonds. The Morgan fingerprint density at radius 3 is 2.09 bits per heavy atom. The van der Waals surface area contributed by atoms with Crippen molar-refractivity contribution >= 4 is 10.8 Å². The molecule has 2 aromatic carbocycles. The summed E-state index contributed by atoms with van der Waals surface area (Å²) in [6.07, 6.45) is 0. The number of rotatable bonds is 2. The standard InChI is InChI=1S/C16H16N2O4/c1-8(2)3-4-10(18-17)9-7-13(21)14-11(19)5-6-12(20)15(14)16(9)22/h5-8,10,17,19-22H,1-2H3. The Labute approximate surface area is 127 Å². The number of nitrogens with one attached hydrogen (secondary N) is 1. The first kappa shape index (κ1) is 15.4. The van der Waals surface area contributed by atoms with Crippen LogP contribution in [0.15, 0.2) is 23.3 Å². The highest BCUT2D eigenvalue weighted by atomic mass is 16.3. The summed E-state index contributed by atoms with van der Waals surface area (Å²) in [6, 6.07) is 2.63. The lowest BCUT2D eigenvalue weighted by Crippen LogP contribution is -1.95. The predicted octanol–water partition coefficient (Wildman–Crippen LogP) is 3.39. The van der Waals surface area contributed by atoms with Crippen molar-refractivity contribution in [3.8, 4) is 34.8 Å². The lowest BCUT2D eigenvalue weighted by molar-refractivity contribution is 0.442. The summed E-state index contributed by atoms with van der Waals surface area (Å²) in [5.74, 6) is 4.34. The van der Waals surface area contributed by atoms with Gasteiger partial charge >= 0.3 is 0 Å². The van der Waals surface area contributed by atoms with E-state index in [2.05, 4.69) is 17.0 Å². The average molecular weight is 300 g/mol. The number of fused-ring (bicyclic) bond motifs is 1. The van der Waals surface area contributed by atoms with Crippen LogP contribution in [0.25, 0.3) is 10.8 Å². The first-order valence-corrected chi connectivity index (χ1v) is 6.63. The number of phenolic OH excluding ortho intramolecular Hbond substituents is 4. The van der Waals surface area contributed by atoms with Gasteiger partial charge in [0.2, 0.25) is 0 Å². The summed E-state index contributed by atoms with van der Waals surface area (Å²) in [5.41, 5.74) is 7.32. The highest BCUT2D eigenvalue weighted by Crippen LogP contribution is 2.46. The third-order valence-corrected chi connectivity index (χ3v) is 3.15. The maximum Gasteiger partial charge on any atom is 0.159 e. The second-order valence-electron chi connectivity index (χ2n) is 5.16. The quantitative estimate of drug-likeness (QED) is 0.332. The fourth-order valence-corrected chi connectivity index (χ4v) is 2.15. The van der Waals surface area contributed by atoms with Crippen LogP contribution in [0, 0.1) is 23.3 Å². The molecule has 2 aromatic rings. The van der Waals surface area contributed by atoms with Gasteiger partial charge in [-0.2, -0.15) is 5.11 Å². The van der Waals surface area contributed by atoms with E-state index >= 15 is 0 Å². The number of nitrogens with zero attached hydrogens (tertiary/aromatic N) is 1. The number of phenols is 4. The number of benzene rings is 2. The van der Waals surface area contributed by atoms with Gasteiger partial charge in [0, 0.05) is 11.5 Å². The Balaban J connectivity index is 2.77. The zero-order valence-corrected chi connectivity index (χ0v) is 12.1. The molecule has 114 valence electrons. The predicted molar refractivity (Wildman–Crippen MR) is 81.1 cm³/mol. The van der Waals surface area contributed by atoms with Crippen LogP contribution in [0.1, 0.15) is 25.5 Å². The van der Waals surface area contributed by atoms with E-state index in [1.165, 1.54) is 18.2 Å². The molecule has 2 rings (SSSR count). The Hall–Kier alpha value is -2.94. The van der Waals surface area contributed by atoms with Crippen LogP contribution in [-0.4, -0.2) is 20.4 Å².